The third kappa shape index (κ3) is 5.76. The quantitative estimate of drug-likeness (QED) is 0.570. The van der Waals surface area contributed by atoms with Crippen molar-refractivity contribution in [3.8, 4) is 0 Å². The van der Waals surface area contributed by atoms with Gasteiger partial charge in [0, 0.05) is 31.9 Å². The number of amides is 1. The summed E-state index contributed by atoms with van der Waals surface area (Å²) in [5.41, 5.74) is 1.47. The summed E-state index contributed by atoms with van der Waals surface area (Å²) in [5.74, 6) is -0.384. The number of aromatic nitrogens is 1. The zero-order valence-corrected chi connectivity index (χ0v) is 19.2. The first-order valence-electron chi connectivity index (χ1n) is 10.6. The second kappa shape index (κ2) is 10.3. The van der Waals surface area contributed by atoms with E-state index in [9.17, 15) is 18.0 Å². The monoisotopic (exact) mass is 462 g/mol. The number of carbonyl (C=O) groups excluding carboxylic acids is 2. The fourth-order valence-electron chi connectivity index (χ4n) is 4.03. The van der Waals surface area contributed by atoms with Crippen LogP contribution in [0.5, 0.6) is 0 Å². The summed E-state index contributed by atoms with van der Waals surface area (Å²) in [6, 6.07) is 9.88. The number of sulfonamides is 1. The number of carbonyl (C=O) groups is 2. The molecule has 1 amide bonds. The Morgan fingerprint density at radius 3 is 2.44 bits per heavy atom. The zero-order valence-electron chi connectivity index (χ0n) is 18.4. The Hall–Kier alpha value is -2.69. The van der Waals surface area contributed by atoms with E-state index in [1.807, 2.05) is 23.8 Å². The smallest absolute Gasteiger partial charge is 0.354 e. The number of hydrogen-bond donors (Lipinski definition) is 2. The Balaban J connectivity index is 1.46. The van der Waals surface area contributed by atoms with Crippen LogP contribution in [0.15, 0.2) is 47.5 Å². The molecule has 2 heterocycles. The number of ether oxygens (including phenoxy) is 1. The van der Waals surface area contributed by atoms with Gasteiger partial charge in [-0.2, -0.15) is 0 Å². The van der Waals surface area contributed by atoms with Gasteiger partial charge in [-0.05, 0) is 56.0 Å². The van der Waals surface area contributed by atoms with E-state index in [2.05, 4.69) is 10.2 Å². The molecule has 1 aromatic carbocycles. The molecule has 1 atom stereocenters. The molecule has 3 N–H and O–H groups in total. The standard InChI is InChI=1S/C22H30N4O5S/c1-16(21(27)24-12-9-17-5-7-19(8-6-17)32(23,29)30)25-14-10-18(11-15-25)26-13-3-4-20(26)22(28)31-2/h3-8,13,16,18H,9-12,14-15H2,1-2H3,(H,24,27)(H2,23,29,30). The molecule has 1 aliphatic rings. The van der Waals surface area contributed by atoms with E-state index in [0.717, 1.165) is 31.5 Å². The highest BCUT2D eigenvalue weighted by Gasteiger charge is 2.28. The number of likely N-dealkylation sites (tertiary alicyclic amines) is 1. The van der Waals surface area contributed by atoms with Crippen LogP contribution in [-0.4, -0.2) is 62.5 Å². The van der Waals surface area contributed by atoms with Gasteiger partial charge in [0.2, 0.25) is 15.9 Å². The van der Waals surface area contributed by atoms with Gasteiger partial charge in [-0.15, -0.1) is 0 Å². The minimum absolute atomic E-state index is 0.0409. The molecule has 0 radical (unpaired) electrons. The molecule has 9 nitrogen and oxygen atoms in total. The van der Waals surface area contributed by atoms with Crippen LogP contribution in [0.25, 0.3) is 0 Å². The molecular formula is C22H30N4O5S. The van der Waals surface area contributed by atoms with Crippen molar-refractivity contribution in [3.63, 3.8) is 0 Å². The Labute approximate surface area is 188 Å². The van der Waals surface area contributed by atoms with Gasteiger partial charge in [-0.3, -0.25) is 9.69 Å². The lowest BCUT2D eigenvalue weighted by atomic mass is 10.0. The number of nitrogens with one attached hydrogen (secondary N) is 1. The maximum Gasteiger partial charge on any atom is 0.354 e. The van der Waals surface area contributed by atoms with Crippen molar-refractivity contribution in [3.05, 3.63) is 53.9 Å². The number of piperidine rings is 1. The molecule has 0 aliphatic carbocycles. The third-order valence-electron chi connectivity index (χ3n) is 5.96. The first-order chi connectivity index (χ1) is 15.2. The molecule has 2 aromatic rings. The van der Waals surface area contributed by atoms with E-state index < -0.39 is 10.0 Å². The van der Waals surface area contributed by atoms with E-state index in [1.54, 1.807) is 18.2 Å². The molecule has 0 saturated carbocycles. The van der Waals surface area contributed by atoms with Crippen molar-refractivity contribution in [2.24, 2.45) is 5.14 Å². The van der Waals surface area contributed by atoms with Crippen LogP contribution in [0.2, 0.25) is 0 Å². The summed E-state index contributed by atoms with van der Waals surface area (Å²) in [4.78, 5) is 26.7. The molecule has 1 fully saturated rings. The van der Waals surface area contributed by atoms with Gasteiger partial charge in [0.1, 0.15) is 5.69 Å². The summed E-state index contributed by atoms with van der Waals surface area (Å²) in [6.07, 6.45) is 4.17. The molecule has 1 unspecified atom stereocenters. The Bertz CT molecular complexity index is 1040. The number of primary sulfonamides is 1. The van der Waals surface area contributed by atoms with E-state index in [4.69, 9.17) is 9.88 Å². The van der Waals surface area contributed by atoms with E-state index >= 15 is 0 Å². The van der Waals surface area contributed by atoms with Crippen LogP contribution in [0.4, 0.5) is 0 Å². The van der Waals surface area contributed by atoms with Crippen LogP contribution in [0, 0.1) is 0 Å². The van der Waals surface area contributed by atoms with E-state index in [-0.39, 0.29) is 28.9 Å². The Morgan fingerprint density at radius 2 is 1.84 bits per heavy atom. The number of nitrogens with zero attached hydrogens (tertiary/aromatic N) is 2. The summed E-state index contributed by atoms with van der Waals surface area (Å²) >= 11 is 0. The molecule has 0 bridgehead atoms. The number of nitrogens with two attached hydrogens (primary N) is 1. The van der Waals surface area contributed by atoms with Gasteiger partial charge in [0.15, 0.2) is 0 Å². The van der Waals surface area contributed by atoms with Crippen molar-refractivity contribution in [2.75, 3.05) is 26.7 Å². The number of methoxy groups -OCH3 is 1. The maximum atomic E-state index is 12.6. The highest BCUT2D eigenvalue weighted by molar-refractivity contribution is 7.89. The van der Waals surface area contributed by atoms with Crippen molar-refractivity contribution in [1.29, 1.82) is 0 Å². The van der Waals surface area contributed by atoms with Crippen LogP contribution in [-0.2, 0) is 26.0 Å². The van der Waals surface area contributed by atoms with E-state index in [0.29, 0.717) is 18.7 Å². The van der Waals surface area contributed by atoms with Crippen LogP contribution >= 0.6 is 0 Å². The summed E-state index contributed by atoms with van der Waals surface area (Å²) in [6.45, 7) is 3.87. The minimum atomic E-state index is -3.70. The molecule has 10 heteroatoms. The normalized spacial score (nSPS) is 16.5. The van der Waals surface area contributed by atoms with E-state index in [1.165, 1.54) is 19.2 Å². The predicted molar refractivity (Wildman–Crippen MR) is 120 cm³/mol. The summed E-state index contributed by atoms with van der Waals surface area (Å²) < 4.78 is 29.4. The largest absolute Gasteiger partial charge is 0.464 e. The van der Waals surface area contributed by atoms with Crippen molar-refractivity contribution >= 4 is 21.9 Å². The zero-order chi connectivity index (χ0) is 23.3. The number of hydrogen-bond acceptors (Lipinski definition) is 6. The molecule has 174 valence electrons. The predicted octanol–water partition coefficient (Wildman–Crippen LogP) is 1.31. The highest BCUT2D eigenvalue weighted by atomic mass is 32.2. The molecule has 3 rings (SSSR count). The lowest BCUT2D eigenvalue weighted by Crippen LogP contribution is -2.48. The second-order valence-corrected chi connectivity index (χ2v) is 9.53. The Kier molecular flexibility index (Phi) is 7.70. The van der Waals surface area contributed by atoms with Crippen molar-refractivity contribution in [2.45, 2.75) is 43.2 Å². The van der Waals surface area contributed by atoms with Crippen molar-refractivity contribution < 1.29 is 22.7 Å². The fourth-order valence-corrected chi connectivity index (χ4v) is 4.55. The number of rotatable bonds is 8. The first kappa shape index (κ1) is 24.0. The maximum absolute atomic E-state index is 12.6. The molecule has 1 saturated heterocycles. The van der Waals surface area contributed by atoms with Crippen molar-refractivity contribution in [1.82, 2.24) is 14.8 Å². The molecule has 1 aromatic heterocycles. The van der Waals surface area contributed by atoms with Gasteiger partial charge in [-0.25, -0.2) is 18.4 Å². The minimum Gasteiger partial charge on any atom is -0.464 e. The van der Waals surface area contributed by atoms with Crippen LogP contribution < -0.4 is 10.5 Å². The van der Waals surface area contributed by atoms with Gasteiger partial charge >= 0.3 is 5.97 Å². The van der Waals surface area contributed by atoms with Gasteiger partial charge in [0.25, 0.3) is 0 Å². The SMILES string of the molecule is COC(=O)c1cccn1C1CCN(C(C)C(=O)NCCc2ccc(S(N)(=O)=O)cc2)CC1. The molecule has 1 aliphatic heterocycles. The van der Waals surface area contributed by atoms with Gasteiger partial charge in [0.05, 0.1) is 18.0 Å². The summed E-state index contributed by atoms with van der Waals surface area (Å²) in [7, 11) is -2.33. The van der Waals surface area contributed by atoms with Gasteiger partial charge < -0.3 is 14.6 Å². The number of esters is 1. The lowest BCUT2D eigenvalue weighted by molar-refractivity contribution is -0.126. The number of benzene rings is 1. The fraction of sp³-hybridized carbons (Fsp3) is 0.455. The summed E-state index contributed by atoms with van der Waals surface area (Å²) in [5, 5.41) is 8.06. The first-order valence-corrected chi connectivity index (χ1v) is 12.1. The second-order valence-electron chi connectivity index (χ2n) is 7.97. The molecule has 0 spiro atoms. The Morgan fingerprint density at radius 1 is 1.19 bits per heavy atom. The highest BCUT2D eigenvalue weighted by Crippen LogP contribution is 2.26. The topological polar surface area (TPSA) is 124 Å². The van der Waals surface area contributed by atoms with Gasteiger partial charge in [-0.1, -0.05) is 12.1 Å². The average Bonchev–Trinajstić information content (AvgIpc) is 3.28. The molecular weight excluding hydrogens is 432 g/mol. The molecule has 32 heavy (non-hydrogen) atoms. The third-order valence-corrected chi connectivity index (χ3v) is 6.89. The van der Waals surface area contributed by atoms with Crippen LogP contribution in [0.1, 0.15) is 41.9 Å². The van der Waals surface area contributed by atoms with Crippen LogP contribution in [0.3, 0.4) is 0 Å². The lowest BCUT2D eigenvalue weighted by Gasteiger charge is -2.36. The average molecular weight is 463 g/mol.